The highest BCUT2D eigenvalue weighted by Crippen LogP contribution is 2.28. The van der Waals surface area contributed by atoms with Crippen LogP contribution in [0.15, 0.2) is 42.5 Å². The number of nitrogens with one attached hydrogen (secondary N) is 1. The van der Waals surface area contributed by atoms with Crippen LogP contribution < -0.4 is 14.8 Å². The number of carbonyl (C=O) groups excluding carboxylic acids is 1. The number of benzene rings is 2. The maximum absolute atomic E-state index is 10.8. The number of hydrogen-bond donors (Lipinski definition) is 1. The number of nitrogens with zero attached hydrogens (tertiary/aromatic N) is 3. The normalized spacial score (nSPS) is 9.81. The largest absolute Gasteiger partial charge is 0.497 e. The predicted molar refractivity (Wildman–Crippen MR) is 105 cm³/mol. The second-order valence-electron chi connectivity index (χ2n) is 5.74. The van der Waals surface area contributed by atoms with E-state index < -0.39 is 0 Å². The number of hydrogen-bond acceptors (Lipinski definition) is 6. The smallest absolute Gasteiger partial charge is 0.172 e. The van der Waals surface area contributed by atoms with Gasteiger partial charge in [-0.1, -0.05) is 22.9 Å². The molecule has 1 aromatic heterocycles. The SMILES string of the molecule is CNc1ccc(C)cc1.COc1ccc(OC)c(-n2nnc(C=O)c2C)c1. The zero-order valence-electron chi connectivity index (χ0n) is 16.2. The summed E-state index contributed by atoms with van der Waals surface area (Å²) in [6.07, 6.45) is 0.672. The van der Waals surface area contributed by atoms with Crippen molar-refractivity contribution in [2.75, 3.05) is 26.6 Å². The second kappa shape index (κ2) is 9.38. The highest BCUT2D eigenvalue weighted by molar-refractivity contribution is 5.73. The first-order valence-corrected chi connectivity index (χ1v) is 8.38. The van der Waals surface area contributed by atoms with E-state index in [9.17, 15) is 4.79 Å². The van der Waals surface area contributed by atoms with Crippen molar-refractivity contribution >= 4 is 12.0 Å². The number of aryl methyl sites for hydroxylation is 1. The molecule has 0 saturated carbocycles. The standard InChI is InChI=1S/C12H13N3O3.C8H11N/c1-8-10(7-16)13-14-15(8)11-6-9(17-2)4-5-12(11)18-3;1-7-3-5-8(9-2)6-4-7/h4-7H,1-3H3;3-6,9H,1-2H3. The molecule has 0 fully saturated rings. The highest BCUT2D eigenvalue weighted by Gasteiger charge is 2.14. The Hall–Kier alpha value is -3.35. The molecule has 0 radical (unpaired) electrons. The summed E-state index contributed by atoms with van der Waals surface area (Å²) in [5, 5.41) is 10.8. The van der Waals surface area contributed by atoms with Gasteiger partial charge >= 0.3 is 0 Å². The first-order valence-electron chi connectivity index (χ1n) is 8.38. The van der Waals surface area contributed by atoms with Crippen LogP contribution in [0.3, 0.4) is 0 Å². The number of carbonyl (C=O) groups is 1. The van der Waals surface area contributed by atoms with Gasteiger partial charge in [-0.2, -0.15) is 0 Å². The van der Waals surface area contributed by atoms with Gasteiger partial charge in [0.15, 0.2) is 6.29 Å². The van der Waals surface area contributed by atoms with Gasteiger partial charge in [-0.05, 0) is 38.1 Å². The van der Waals surface area contributed by atoms with E-state index in [2.05, 4.69) is 46.8 Å². The molecular formula is C20H24N4O3. The number of rotatable bonds is 5. The summed E-state index contributed by atoms with van der Waals surface area (Å²) in [4.78, 5) is 10.8. The Morgan fingerprint density at radius 2 is 1.74 bits per heavy atom. The van der Waals surface area contributed by atoms with E-state index in [4.69, 9.17) is 9.47 Å². The zero-order valence-corrected chi connectivity index (χ0v) is 16.2. The van der Waals surface area contributed by atoms with E-state index in [0.29, 0.717) is 34.9 Å². The van der Waals surface area contributed by atoms with Crippen LogP contribution in [0.4, 0.5) is 5.69 Å². The molecule has 3 aromatic rings. The molecule has 1 N–H and O–H groups in total. The molecule has 0 atom stereocenters. The van der Waals surface area contributed by atoms with Crippen LogP contribution in [-0.4, -0.2) is 42.5 Å². The molecule has 7 heteroatoms. The molecule has 1 heterocycles. The minimum Gasteiger partial charge on any atom is -0.497 e. The van der Waals surface area contributed by atoms with Gasteiger partial charge in [0.05, 0.1) is 19.9 Å². The summed E-state index contributed by atoms with van der Waals surface area (Å²) in [6.45, 7) is 3.85. The molecule has 0 spiro atoms. The van der Waals surface area contributed by atoms with Gasteiger partial charge in [0.25, 0.3) is 0 Å². The summed E-state index contributed by atoms with van der Waals surface area (Å²) < 4.78 is 12.0. The fourth-order valence-corrected chi connectivity index (χ4v) is 2.36. The molecule has 2 aromatic carbocycles. The van der Waals surface area contributed by atoms with Crippen LogP contribution in [0.1, 0.15) is 21.7 Å². The Morgan fingerprint density at radius 1 is 1.04 bits per heavy atom. The molecule has 0 bridgehead atoms. The van der Waals surface area contributed by atoms with E-state index >= 15 is 0 Å². The third-order valence-corrected chi connectivity index (χ3v) is 4.00. The molecule has 3 rings (SSSR count). The molecule has 142 valence electrons. The molecule has 7 nitrogen and oxygen atoms in total. The predicted octanol–water partition coefficient (Wildman–Crippen LogP) is 3.44. The van der Waals surface area contributed by atoms with Crippen LogP contribution in [0, 0.1) is 13.8 Å². The summed E-state index contributed by atoms with van der Waals surface area (Å²) in [6, 6.07) is 13.6. The minimum atomic E-state index is 0.305. The Labute approximate surface area is 158 Å². The first-order chi connectivity index (χ1) is 13.0. The van der Waals surface area contributed by atoms with Gasteiger partial charge in [-0.25, -0.2) is 4.68 Å². The fourth-order valence-electron chi connectivity index (χ4n) is 2.36. The Kier molecular flexibility index (Phi) is 6.93. The van der Waals surface area contributed by atoms with Gasteiger partial charge in [0.2, 0.25) is 0 Å². The number of aromatic nitrogens is 3. The van der Waals surface area contributed by atoms with E-state index in [-0.39, 0.29) is 0 Å². The zero-order chi connectivity index (χ0) is 19.8. The van der Waals surface area contributed by atoms with E-state index in [1.165, 1.54) is 11.3 Å². The molecule has 0 amide bonds. The average Bonchev–Trinajstić information content (AvgIpc) is 3.08. The second-order valence-corrected chi connectivity index (χ2v) is 5.74. The highest BCUT2D eigenvalue weighted by atomic mass is 16.5. The fraction of sp³-hybridized carbons (Fsp3) is 0.250. The summed E-state index contributed by atoms with van der Waals surface area (Å²) >= 11 is 0. The first kappa shape index (κ1) is 20.0. The average molecular weight is 368 g/mol. The topological polar surface area (TPSA) is 78.3 Å². The van der Waals surface area contributed by atoms with E-state index in [0.717, 1.165) is 0 Å². The third-order valence-electron chi connectivity index (χ3n) is 4.00. The van der Waals surface area contributed by atoms with Crippen LogP contribution in [0.2, 0.25) is 0 Å². The maximum Gasteiger partial charge on any atom is 0.172 e. The summed E-state index contributed by atoms with van der Waals surface area (Å²) in [5.74, 6) is 1.30. The monoisotopic (exact) mass is 368 g/mol. The van der Waals surface area contributed by atoms with Crippen molar-refractivity contribution in [1.29, 1.82) is 0 Å². The maximum atomic E-state index is 10.8. The third kappa shape index (κ3) is 4.84. The molecule has 27 heavy (non-hydrogen) atoms. The lowest BCUT2D eigenvalue weighted by Gasteiger charge is -2.10. The van der Waals surface area contributed by atoms with Gasteiger partial charge in [0, 0.05) is 18.8 Å². The molecule has 0 aliphatic carbocycles. The molecular weight excluding hydrogens is 344 g/mol. The molecule has 0 aliphatic rings. The lowest BCUT2D eigenvalue weighted by Crippen LogP contribution is -2.03. The van der Waals surface area contributed by atoms with Crippen molar-refractivity contribution in [2.24, 2.45) is 0 Å². The van der Waals surface area contributed by atoms with Crippen LogP contribution in [0.5, 0.6) is 11.5 Å². The van der Waals surface area contributed by atoms with Crippen molar-refractivity contribution in [3.63, 3.8) is 0 Å². The van der Waals surface area contributed by atoms with Gasteiger partial charge in [-0.15, -0.1) is 5.10 Å². The minimum absolute atomic E-state index is 0.305. The van der Waals surface area contributed by atoms with Gasteiger partial charge < -0.3 is 14.8 Å². The number of aldehydes is 1. The van der Waals surface area contributed by atoms with Crippen LogP contribution >= 0.6 is 0 Å². The van der Waals surface area contributed by atoms with Crippen LogP contribution in [-0.2, 0) is 0 Å². The van der Waals surface area contributed by atoms with Gasteiger partial charge in [-0.3, -0.25) is 4.79 Å². The molecule has 0 aliphatic heterocycles. The van der Waals surface area contributed by atoms with Crippen molar-refractivity contribution in [3.05, 3.63) is 59.4 Å². The van der Waals surface area contributed by atoms with Crippen molar-refractivity contribution in [2.45, 2.75) is 13.8 Å². The number of ether oxygens (including phenoxy) is 2. The van der Waals surface area contributed by atoms with E-state index in [1.807, 2.05) is 7.05 Å². The quantitative estimate of drug-likeness (QED) is 0.695. The summed E-state index contributed by atoms with van der Waals surface area (Å²) in [5.41, 5.74) is 4.10. The number of methoxy groups -OCH3 is 2. The number of anilines is 1. The molecule has 0 unspecified atom stereocenters. The van der Waals surface area contributed by atoms with Gasteiger partial charge in [0.1, 0.15) is 22.9 Å². The summed E-state index contributed by atoms with van der Waals surface area (Å²) in [7, 11) is 5.07. The van der Waals surface area contributed by atoms with Crippen molar-refractivity contribution < 1.29 is 14.3 Å². The van der Waals surface area contributed by atoms with Crippen molar-refractivity contribution in [1.82, 2.24) is 15.0 Å². The lowest BCUT2D eigenvalue weighted by molar-refractivity contribution is 0.111. The Morgan fingerprint density at radius 3 is 2.26 bits per heavy atom. The lowest BCUT2D eigenvalue weighted by atomic mass is 10.2. The Balaban J connectivity index is 0.000000244. The van der Waals surface area contributed by atoms with Crippen molar-refractivity contribution in [3.8, 4) is 17.2 Å². The Bertz CT molecular complexity index is 889. The van der Waals surface area contributed by atoms with E-state index in [1.54, 1.807) is 44.0 Å². The van der Waals surface area contributed by atoms with Crippen LogP contribution in [0.25, 0.3) is 5.69 Å². The molecule has 0 saturated heterocycles.